The minimum atomic E-state index is -2.40. The molecular formula is C19H22N2O8. The van der Waals surface area contributed by atoms with Gasteiger partial charge in [0.05, 0.1) is 12.2 Å². The summed E-state index contributed by atoms with van der Waals surface area (Å²) >= 11 is 0. The predicted molar refractivity (Wildman–Crippen MR) is 97.0 cm³/mol. The number of esters is 1. The quantitative estimate of drug-likeness (QED) is 0.294. The molecule has 1 aromatic rings. The van der Waals surface area contributed by atoms with E-state index in [1.165, 1.54) is 12.1 Å². The highest BCUT2D eigenvalue weighted by Gasteiger charge is 2.63. The number of aliphatic hydroxyl groups excluding tert-OH is 1. The van der Waals surface area contributed by atoms with Gasteiger partial charge in [0.1, 0.15) is 18.3 Å². The zero-order valence-corrected chi connectivity index (χ0v) is 15.7. The molecule has 156 valence electrons. The van der Waals surface area contributed by atoms with E-state index < -0.39 is 47.5 Å². The molecule has 0 unspecified atom stereocenters. The number of ether oxygens (including phenoxy) is 2. The molecule has 5 N–H and O–H groups in total. The maximum atomic E-state index is 12.7. The number of nitrogens with one attached hydrogen (secondary N) is 2. The molecule has 4 atom stereocenters. The first kappa shape index (κ1) is 20.9. The maximum absolute atomic E-state index is 12.7. The van der Waals surface area contributed by atoms with Gasteiger partial charge in [-0.05, 0) is 31.1 Å². The standard InChI is InChI=1S/C19H22N2O8/c1-11-8-9-29-19(16(25)20-18(11,27)15(24)21-19)14(23)17(2,26)10-28-13(22)12-6-4-3-5-7-12/h3-7,14,23,26-27H,1,8-10H2,2H3,(H,20,25)(H,21,24)/t14-,17-,18+,19+/m0/s1. The number of carbonyl (C=O) groups excluding carboxylic acids is 3. The smallest absolute Gasteiger partial charge is 0.338 e. The molecule has 10 nitrogen and oxygen atoms in total. The van der Waals surface area contributed by atoms with Crippen molar-refractivity contribution in [3.63, 3.8) is 0 Å². The fourth-order valence-corrected chi connectivity index (χ4v) is 3.15. The Kier molecular flexibility index (Phi) is 5.22. The second-order valence-electron chi connectivity index (χ2n) is 7.26. The van der Waals surface area contributed by atoms with Crippen molar-refractivity contribution < 1.29 is 39.2 Å². The number of rotatable bonds is 5. The molecule has 0 aromatic heterocycles. The number of hydrogen-bond donors (Lipinski definition) is 5. The van der Waals surface area contributed by atoms with E-state index in [0.717, 1.165) is 6.92 Å². The van der Waals surface area contributed by atoms with Crippen molar-refractivity contribution in [3.8, 4) is 0 Å². The van der Waals surface area contributed by atoms with Crippen LogP contribution in [0.2, 0.25) is 0 Å². The number of aliphatic hydroxyl groups is 3. The minimum absolute atomic E-state index is 0.00897. The van der Waals surface area contributed by atoms with Crippen molar-refractivity contribution in [1.82, 2.24) is 10.6 Å². The average Bonchev–Trinajstić information content (AvgIpc) is 2.69. The predicted octanol–water partition coefficient (Wildman–Crippen LogP) is -1.44. The van der Waals surface area contributed by atoms with Crippen LogP contribution in [0, 0.1) is 0 Å². The van der Waals surface area contributed by atoms with E-state index >= 15 is 0 Å². The molecule has 10 heteroatoms. The van der Waals surface area contributed by atoms with Gasteiger partial charge in [-0.2, -0.15) is 0 Å². The highest BCUT2D eigenvalue weighted by Crippen LogP contribution is 2.33. The molecule has 29 heavy (non-hydrogen) atoms. The van der Waals surface area contributed by atoms with Crippen molar-refractivity contribution in [1.29, 1.82) is 0 Å². The van der Waals surface area contributed by atoms with Gasteiger partial charge in [0.2, 0.25) is 5.72 Å². The molecule has 3 heterocycles. The highest BCUT2D eigenvalue weighted by atomic mass is 16.6. The fraction of sp³-hybridized carbons (Fsp3) is 0.421. The molecule has 3 aliphatic rings. The summed E-state index contributed by atoms with van der Waals surface area (Å²) < 4.78 is 10.5. The van der Waals surface area contributed by atoms with Gasteiger partial charge in [-0.15, -0.1) is 0 Å². The van der Waals surface area contributed by atoms with Gasteiger partial charge in [0.15, 0.2) is 0 Å². The summed E-state index contributed by atoms with van der Waals surface area (Å²) in [4.78, 5) is 37.2. The molecule has 0 spiro atoms. The Hall–Kier alpha value is -2.79. The van der Waals surface area contributed by atoms with Crippen molar-refractivity contribution in [2.24, 2.45) is 0 Å². The van der Waals surface area contributed by atoms with E-state index in [1.807, 2.05) is 0 Å². The molecule has 2 amide bonds. The number of fused-ring (bicyclic) bond motifs is 5. The summed E-state index contributed by atoms with van der Waals surface area (Å²) in [5, 5.41) is 36.1. The second-order valence-corrected chi connectivity index (χ2v) is 7.26. The van der Waals surface area contributed by atoms with Gasteiger partial charge in [-0.1, -0.05) is 24.8 Å². The largest absolute Gasteiger partial charge is 0.459 e. The average molecular weight is 406 g/mol. The van der Waals surface area contributed by atoms with E-state index in [9.17, 15) is 29.7 Å². The molecule has 3 saturated heterocycles. The van der Waals surface area contributed by atoms with E-state index in [0.29, 0.717) is 0 Å². The lowest BCUT2D eigenvalue weighted by molar-refractivity contribution is -0.230. The third kappa shape index (κ3) is 3.51. The van der Waals surface area contributed by atoms with Crippen LogP contribution >= 0.6 is 0 Å². The third-order valence-corrected chi connectivity index (χ3v) is 4.98. The van der Waals surface area contributed by atoms with Crippen LogP contribution in [0.4, 0.5) is 0 Å². The molecule has 4 rings (SSSR count). The Labute approximate surface area is 166 Å². The SMILES string of the molecule is C=C1CCO[C@@]2([C@@H](O)[C@@](C)(O)COC(=O)c3ccccc3)NC(=O)[C@@]1(O)NC2=O. The first-order valence-corrected chi connectivity index (χ1v) is 8.85. The summed E-state index contributed by atoms with van der Waals surface area (Å²) in [5.41, 5.74) is -6.71. The second kappa shape index (κ2) is 7.23. The van der Waals surface area contributed by atoms with E-state index in [-0.39, 0.29) is 24.2 Å². The number of benzene rings is 1. The van der Waals surface area contributed by atoms with Gasteiger partial charge < -0.3 is 35.4 Å². The Morgan fingerprint density at radius 2 is 1.97 bits per heavy atom. The van der Waals surface area contributed by atoms with E-state index in [1.54, 1.807) is 18.2 Å². The molecule has 3 aliphatic heterocycles. The Bertz CT molecular complexity index is 855. The van der Waals surface area contributed by atoms with Crippen LogP contribution in [0.5, 0.6) is 0 Å². The first-order valence-electron chi connectivity index (χ1n) is 8.85. The van der Waals surface area contributed by atoms with Crippen molar-refractivity contribution in [2.45, 2.75) is 36.5 Å². The minimum Gasteiger partial charge on any atom is -0.459 e. The van der Waals surface area contributed by atoms with Gasteiger partial charge >= 0.3 is 5.97 Å². The number of amides is 2. The molecule has 3 fully saturated rings. The molecular weight excluding hydrogens is 384 g/mol. The molecule has 2 bridgehead atoms. The fourth-order valence-electron chi connectivity index (χ4n) is 3.15. The zero-order chi connectivity index (χ0) is 21.4. The van der Waals surface area contributed by atoms with Gasteiger partial charge in [-0.3, -0.25) is 9.59 Å². The van der Waals surface area contributed by atoms with Gasteiger partial charge in [0.25, 0.3) is 17.5 Å². The molecule has 0 aliphatic carbocycles. The molecule has 0 radical (unpaired) electrons. The lowest BCUT2D eigenvalue weighted by atomic mass is 9.85. The topological polar surface area (TPSA) is 154 Å². The van der Waals surface area contributed by atoms with Crippen molar-refractivity contribution in [3.05, 3.63) is 48.0 Å². The Morgan fingerprint density at radius 3 is 2.62 bits per heavy atom. The highest BCUT2D eigenvalue weighted by molar-refractivity contribution is 6.03. The summed E-state index contributed by atoms with van der Waals surface area (Å²) in [6.07, 6.45) is -2.03. The van der Waals surface area contributed by atoms with Crippen molar-refractivity contribution in [2.75, 3.05) is 13.2 Å². The van der Waals surface area contributed by atoms with Crippen LogP contribution < -0.4 is 10.6 Å². The zero-order valence-electron chi connectivity index (χ0n) is 15.7. The molecule has 1 aromatic carbocycles. The normalized spacial score (nSPS) is 29.7. The van der Waals surface area contributed by atoms with Crippen molar-refractivity contribution >= 4 is 17.8 Å². The Balaban J connectivity index is 1.80. The Morgan fingerprint density at radius 1 is 1.31 bits per heavy atom. The van der Waals surface area contributed by atoms with Crippen LogP contribution in [0.3, 0.4) is 0 Å². The summed E-state index contributed by atoms with van der Waals surface area (Å²) in [7, 11) is 0. The molecule has 0 saturated carbocycles. The summed E-state index contributed by atoms with van der Waals surface area (Å²) in [5.74, 6) is -2.91. The van der Waals surface area contributed by atoms with Gasteiger partial charge in [-0.25, -0.2) is 4.79 Å². The van der Waals surface area contributed by atoms with Crippen LogP contribution in [0.1, 0.15) is 23.7 Å². The number of carbonyl (C=O) groups is 3. The monoisotopic (exact) mass is 406 g/mol. The number of piperazine rings is 1. The maximum Gasteiger partial charge on any atom is 0.338 e. The van der Waals surface area contributed by atoms with Crippen LogP contribution in [-0.4, -0.2) is 69.5 Å². The van der Waals surface area contributed by atoms with Gasteiger partial charge in [0, 0.05) is 0 Å². The lowest BCUT2D eigenvalue weighted by Gasteiger charge is -2.49. The van der Waals surface area contributed by atoms with Crippen LogP contribution in [0.15, 0.2) is 42.5 Å². The summed E-state index contributed by atoms with van der Waals surface area (Å²) in [6, 6.07) is 7.98. The third-order valence-electron chi connectivity index (χ3n) is 4.98. The van der Waals surface area contributed by atoms with Crippen LogP contribution in [0.25, 0.3) is 0 Å². The first-order chi connectivity index (χ1) is 13.5. The lowest BCUT2D eigenvalue weighted by Crippen LogP contribution is -2.82. The van der Waals surface area contributed by atoms with E-state index in [4.69, 9.17) is 9.47 Å². The van der Waals surface area contributed by atoms with Crippen LogP contribution in [-0.2, 0) is 19.1 Å². The number of hydrogen-bond acceptors (Lipinski definition) is 8. The summed E-state index contributed by atoms with van der Waals surface area (Å²) in [6.45, 7) is 3.81. The van der Waals surface area contributed by atoms with E-state index in [2.05, 4.69) is 17.2 Å².